The fourth-order valence-corrected chi connectivity index (χ4v) is 2.77. The van der Waals surface area contributed by atoms with Crippen molar-refractivity contribution in [3.63, 3.8) is 0 Å². The number of likely N-dealkylation sites (tertiary alicyclic amines) is 1. The third-order valence-electron chi connectivity index (χ3n) is 3.83. The highest BCUT2D eigenvalue weighted by atomic mass is 16.2. The Hall–Kier alpha value is -2.05. The molecule has 2 aliphatic heterocycles. The molecule has 7 heteroatoms. The first-order valence-electron chi connectivity index (χ1n) is 6.58. The van der Waals surface area contributed by atoms with Crippen molar-refractivity contribution in [3.05, 3.63) is 18.0 Å². The van der Waals surface area contributed by atoms with Crippen LogP contribution in [0.2, 0.25) is 0 Å². The zero-order valence-corrected chi connectivity index (χ0v) is 10.6. The first-order chi connectivity index (χ1) is 9.25. The number of nitrogens with zero attached hydrogens (tertiary/aromatic N) is 3. The number of hydrogen-bond acceptors (Lipinski definition) is 3. The molecule has 2 N–H and O–H groups in total. The van der Waals surface area contributed by atoms with Crippen molar-refractivity contribution in [1.82, 2.24) is 25.3 Å². The van der Waals surface area contributed by atoms with E-state index in [4.69, 9.17) is 0 Å². The van der Waals surface area contributed by atoms with Crippen molar-refractivity contribution in [2.75, 3.05) is 26.2 Å². The van der Waals surface area contributed by atoms with Gasteiger partial charge in [-0.3, -0.25) is 9.89 Å². The van der Waals surface area contributed by atoms with Gasteiger partial charge >= 0.3 is 6.03 Å². The second-order valence-electron chi connectivity index (χ2n) is 4.94. The molecule has 3 amide bonds. The summed E-state index contributed by atoms with van der Waals surface area (Å²) >= 11 is 0. The van der Waals surface area contributed by atoms with Crippen LogP contribution in [-0.2, 0) is 0 Å². The normalized spacial score (nSPS) is 20.7. The van der Waals surface area contributed by atoms with Crippen molar-refractivity contribution < 1.29 is 9.59 Å². The van der Waals surface area contributed by atoms with E-state index in [1.54, 1.807) is 12.4 Å². The molecular formula is C12H17N5O2. The summed E-state index contributed by atoms with van der Waals surface area (Å²) in [6.45, 7) is 2.89. The zero-order valence-electron chi connectivity index (χ0n) is 10.6. The molecule has 7 nitrogen and oxygen atoms in total. The number of amides is 3. The molecule has 0 aliphatic carbocycles. The van der Waals surface area contributed by atoms with E-state index in [1.165, 1.54) is 0 Å². The van der Waals surface area contributed by atoms with Crippen LogP contribution in [0.25, 0.3) is 0 Å². The van der Waals surface area contributed by atoms with Gasteiger partial charge in [-0.05, 0) is 12.8 Å². The number of H-pyrrole nitrogens is 1. The molecule has 3 rings (SSSR count). The quantitative estimate of drug-likeness (QED) is 0.790. The Morgan fingerprint density at radius 1 is 1.32 bits per heavy atom. The Morgan fingerprint density at radius 2 is 2.11 bits per heavy atom. The second-order valence-corrected chi connectivity index (χ2v) is 4.94. The van der Waals surface area contributed by atoms with Crippen LogP contribution >= 0.6 is 0 Å². The minimum absolute atomic E-state index is 0.0121. The average Bonchev–Trinajstić information content (AvgIpc) is 3.09. The monoisotopic (exact) mass is 263 g/mol. The van der Waals surface area contributed by atoms with Crippen LogP contribution in [0.4, 0.5) is 4.79 Å². The third kappa shape index (κ3) is 2.27. The third-order valence-corrected chi connectivity index (χ3v) is 3.83. The standard InChI is InChI=1S/C12H17N5O2/c18-11(9-7-14-15-8-9)16-4-1-10(2-5-16)17-6-3-13-12(17)19/h7-8,10H,1-6H2,(H,13,19)(H,14,15). The molecule has 1 aromatic rings. The summed E-state index contributed by atoms with van der Waals surface area (Å²) in [7, 11) is 0. The maximum Gasteiger partial charge on any atom is 0.317 e. The van der Waals surface area contributed by atoms with Crippen molar-refractivity contribution in [3.8, 4) is 0 Å². The minimum Gasteiger partial charge on any atom is -0.338 e. The van der Waals surface area contributed by atoms with Crippen molar-refractivity contribution in [2.24, 2.45) is 0 Å². The van der Waals surface area contributed by atoms with Crippen LogP contribution in [0.15, 0.2) is 12.4 Å². The summed E-state index contributed by atoms with van der Waals surface area (Å²) in [6.07, 6.45) is 4.85. The van der Waals surface area contributed by atoms with Crippen LogP contribution in [0.3, 0.4) is 0 Å². The molecule has 0 saturated carbocycles. The lowest BCUT2D eigenvalue weighted by atomic mass is 10.0. The predicted molar refractivity (Wildman–Crippen MR) is 67.6 cm³/mol. The van der Waals surface area contributed by atoms with Gasteiger partial charge in [-0.1, -0.05) is 0 Å². The molecule has 0 aromatic carbocycles. The Morgan fingerprint density at radius 3 is 2.68 bits per heavy atom. The summed E-state index contributed by atoms with van der Waals surface area (Å²) in [6, 6.07) is 0.288. The largest absolute Gasteiger partial charge is 0.338 e. The van der Waals surface area contributed by atoms with Gasteiger partial charge < -0.3 is 15.1 Å². The van der Waals surface area contributed by atoms with Gasteiger partial charge in [0.1, 0.15) is 0 Å². The van der Waals surface area contributed by atoms with Gasteiger partial charge in [0.2, 0.25) is 0 Å². The van der Waals surface area contributed by atoms with E-state index >= 15 is 0 Å². The van der Waals surface area contributed by atoms with E-state index in [1.807, 2.05) is 9.80 Å². The maximum atomic E-state index is 12.1. The first kappa shape index (κ1) is 12.0. The molecule has 0 bridgehead atoms. The Kier molecular flexibility index (Phi) is 3.10. The summed E-state index contributed by atoms with van der Waals surface area (Å²) in [4.78, 5) is 27.4. The van der Waals surface area contributed by atoms with E-state index < -0.39 is 0 Å². The number of carbonyl (C=O) groups is 2. The Balaban J connectivity index is 1.57. The predicted octanol–water partition coefficient (Wildman–Crippen LogP) is 0.0395. The number of piperidine rings is 1. The number of carbonyl (C=O) groups excluding carboxylic acids is 2. The second kappa shape index (κ2) is 4.91. The molecule has 2 aliphatic rings. The molecule has 3 heterocycles. The molecule has 1 aromatic heterocycles. The number of urea groups is 1. The summed E-state index contributed by atoms with van der Waals surface area (Å²) in [5.74, 6) is 0.0121. The molecule has 0 spiro atoms. The fourth-order valence-electron chi connectivity index (χ4n) is 2.77. The van der Waals surface area contributed by atoms with Gasteiger partial charge in [0.05, 0.1) is 11.8 Å². The van der Waals surface area contributed by atoms with E-state index in [-0.39, 0.29) is 18.0 Å². The molecule has 2 fully saturated rings. The van der Waals surface area contributed by atoms with E-state index in [2.05, 4.69) is 15.5 Å². The highest BCUT2D eigenvalue weighted by molar-refractivity contribution is 5.93. The van der Waals surface area contributed by atoms with Gasteiger partial charge in [-0.2, -0.15) is 5.10 Å². The number of rotatable bonds is 2. The van der Waals surface area contributed by atoms with Gasteiger partial charge in [0.25, 0.3) is 5.91 Å². The lowest BCUT2D eigenvalue weighted by molar-refractivity contribution is 0.0666. The zero-order chi connectivity index (χ0) is 13.2. The topological polar surface area (TPSA) is 81.3 Å². The lowest BCUT2D eigenvalue weighted by Gasteiger charge is -2.35. The Labute approximate surface area is 110 Å². The van der Waals surface area contributed by atoms with Gasteiger partial charge in [0, 0.05) is 38.4 Å². The smallest absolute Gasteiger partial charge is 0.317 e. The van der Waals surface area contributed by atoms with E-state index in [0.717, 1.165) is 25.9 Å². The van der Waals surface area contributed by atoms with Crippen LogP contribution < -0.4 is 5.32 Å². The van der Waals surface area contributed by atoms with Crippen LogP contribution in [0.5, 0.6) is 0 Å². The fraction of sp³-hybridized carbons (Fsp3) is 0.583. The summed E-state index contributed by atoms with van der Waals surface area (Å²) < 4.78 is 0. The van der Waals surface area contributed by atoms with Crippen LogP contribution in [0, 0.1) is 0 Å². The van der Waals surface area contributed by atoms with Crippen LogP contribution in [0.1, 0.15) is 23.2 Å². The molecule has 2 saturated heterocycles. The maximum absolute atomic E-state index is 12.1. The van der Waals surface area contributed by atoms with E-state index in [9.17, 15) is 9.59 Å². The number of aromatic nitrogens is 2. The SMILES string of the molecule is O=C(c1cn[nH]c1)N1CCC(N2CCNC2=O)CC1. The first-order valence-corrected chi connectivity index (χ1v) is 6.58. The highest BCUT2D eigenvalue weighted by Gasteiger charge is 2.32. The molecule has 0 unspecified atom stereocenters. The molecule has 0 atom stereocenters. The minimum atomic E-state index is 0.0121. The molecule has 19 heavy (non-hydrogen) atoms. The number of hydrogen-bond donors (Lipinski definition) is 2. The number of aromatic amines is 1. The van der Waals surface area contributed by atoms with E-state index in [0.29, 0.717) is 18.7 Å². The number of nitrogens with one attached hydrogen (secondary N) is 2. The van der Waals surface area contributed by atoms with Crippen molar-refractivity contribution in [2.45, 2.75) is 18.9 Å². The van der Waals surface area contributed by atoms with Crippen molar-refractivity contribution >= 4 is 11.9 Å². The summed E-state index contributed by atoms with van der Waals surface area (Å²) in [5, 5.41) is 9.26. The lowest BCUT2D eigenvalue weighted by Crippen LogP contribution is -2.47. The Bertz CT molecular complexity index is 464. The molecular weight excluding hydrogens is 246 g/mol. The molecule has 0 radical (unpaired) electrons. The van der Waals surface area contributed by atoms with Crippen molar-refractivity contribution in [1.29, 1.82) is 0 Å². The van der Waals surface area contributed by atoms with Crippen LogP contribution in [-0.4, -0.2) is 64.2 Å². The highest BCUT2D eigenvalue weighted by Crippen LogP contribution is 2.19. The summed E-state index contributed by atoms with van der Waals surface area (Å²) in [5.41, 5.74) is 0.595. The average molecular weight is 263 g/mol. The van der Waals surface area contributed by atoms with Gasteiger partial charge in [-0.25, -0.2) is 4.79 Å². The molecule has 102 valence electrons. The van der Waals surface area contributed by atoms with Gasteiger partial charge in [-0.15, -0.1) is 0 Å². The van der Waals surface area contributed by atoms with Gasteiger partial charge in [0.15, 0.2) is 0 Å².